The van der Waals surface area contributed by atoms with Crippen LogP contribution in [0.4, 0.5) is 0 Å². The molecule has 28 heavy (non-hydrogen) atoms. The number of nitrogens with zero attached hydrogens (tertiary/aromatic N) is 2. The number of morpholine rings is 1. The van der Waals surface area contributed by atoms with Gasteiger partial charge in [-0.25, -0.2) is 0 Å². The molecule has 2 saturated heterocycles. The van der Waals surface area contributed by atoms with Gasteiger partial charge in [-0.2, -0.15) is 0 Å². The maximum Gasteiger partial charge on any atom is 0.228 e. The minimum absolute atomic E-state index is 0.0322. The molecule has 6 fully saturated rings. The zero-order valence-corrected chi connectivity index (χ0v) is 19.3. The predicted molar refractivity (Wildman–Crippen MR) is 115 cm³/mol. The smallest absolute Gasteiger partial charge is 0.228 e. The predicted octanol–water partition coefficient (Wildman–Crippen LogP) is 4.07. The van der Waals surface area contributed by atoms with E-state index >= 15 is 0 Å². The van der Waals surface area contributed by atoms with E-state index in [1.54, 1.807) is 0 Å². The van der Waals surface area contributed by atoms with E-state index < -0.39 is 0 Å². The Bertz CT molecular complexity index is 594. The molecule has 0 radical (unpaired) electrons. The average molecular weight is 453 g/mol. The molecule has 158 valence electrons. The number of halogens is 1. The Hall–Kier alpha value is -0.130. The second-order valence-corrected chi connectivity index (χ2v) is 12.8. The first-order valence-electron chi connectivity index (χ1n) is 11.7. The maximum absolute atomic E-state index is 13.7. The SMILES string of the molecule is CC1CN(CC2CCN(C(=O)C34CC5CC(CC(Br)(C5)C3)C4)CC2)CC(C)O1. The molecule has 0 spiro atoms. The van der Waals surface area contributed by atoms with Crippen LogP contribution in [0.1, 0.15) is 65.2 Å². The Morgan fingerprint density at radius 3 is 2.21 bits per heavy atom. The lowest BCUT2D eigenvalue weighted by Gasteiger charge is -2.60. The summed E-state index contributed by atoms with van der Waals surface area (Å²) >= 11 is 4.07. The van der Waals surface area contributed by atoms with Gasteiger partial charge in [0.15, 0.2) is 0 Å². The zero-order chi connectivity index (χ0) is 19.5. The number of hydrogen-bond donors (Lipinski definition) is 0. The van der Waals surface area contributed by atoms with Gasteiger partial charge in [0.2, 0.25) is 5.91 Å². The fourth-order valence-corrected chi connectivity index (χ4v) is 9.31. The Labute approximate surface area is 178 Å². The molecule has 0 aromatic heterocycles. The molecular formula is C23H37BrN2O2. The molecule has 4 bridgehead atoms. The van der Waals surface area contributed by atoms with E-state index in [2.05, 4.69) is 39.6 Å². The molecule has 2 heterocycles. The van der Waals surface area contributed by atoms with E-state index in [9.17, 15) is 4.79 Å². The lowest BCUT2D eigenvalue weighted by atomic mass is 9.49. The lowest BCUT2D eigenvalue weighted by molar-refractivity contribution is -0.157. The first kappa shape index (κ1) is 19.8. The van der Waals surface area contributed by atoms with E-state index in [-0.39, 0.29) is 9.74 Å². The number of carbonyl (C=O) groups is 1. The number of amides is 1. The van der Waals surface area contributed by atoms with Crippen LogP contribution in [0.5, 0.6) is 0 Å². The summed E-state index contributed by atoms with van der Waals surface area (Å²) in [5.74, 6) is 2.82. The summed E-state index contributed by atoms with van der Waals surface area (Å²) in [6.45, 7) is 9.63. The second kappa shape index (κ2) is 7.23. The number of carbonyl (C=O) groups excluding carboxylic acids is 1. The lowest BCUT2D eigenvalue weighted by Crippen LogP contribution is -2.59. The van der Waals surface area contributed by atoms with Crippen LogP contribution >= 0.6 is 15.9 Å². The third-order valence-electron chi connectivity index (χ3n) is 8.36. The summed E-state index contributed by atoms with van der Waals surface area (Å²) in [5, 5.41) is 0. The van der Waals surface area contributed by atoms with Gasteiger partial charge in [-0.05, 0) is 83.0 Å². The summed E-state index contributed by atoms with van der Waals surface area (Å²) in [7, 11) is 0. The van der Waals surface area contributed by atoms with E-state index in [0.717, 1.165) is 50.4 Å². The quantitative estimate of drug-likeness (QED) is 0.604. The molecule has 0 N–H and O–H groups in total. The monoisotopic (exact) mass is 452 g/mol. The van der Waals surface area contributed by atoms with Crippen LogP contribution in [0.3, 0.4) is 0 Å². The summed E-state index contributed by atoms with van der Waals surface area (Å²) in [6, 6.07) is 0. The number of piperidine rings is 1. The molecule has 2 aliphatic heterocycles. The van der Waals surface area contributed by atoms with Crippen molar-refractivity contribution in [2.75, 3.05) is 32.7 Å². The topological polar surface area (TPSA) is 32.8 Å². The fourth-order valence-electron chi connectivity index (χ4n) is 7.85. The maximum atomic E-state index is 13.7. The number of alkyl halides is 1. The van der Waals surface area contributed by atoms with Crippen molar-refractivity contribution in [3.05, 3.63) is 0 Å². The number of likely N-dealkylation sites (tertiary alicyclic amines) is 1. The third kappa shape index (κ3) is 3.69. The number of ether oxygens (including phenoxy) is 1. The van der Waals surface area contributed by atoms with Crippen molar-refractivity contribution in [2.45, 2.75) is 81.7 Å². The largest absolute Gasteiger partial charge is 0.373 e. The van der Waals surface area contributed by atoms with Crippen LogP contribution in [-0.4, -0.2) is 65.0 Å². The van der Waals surface area contributed by atoms with E-state index in [0.29, 0.717) is 18.1 Å². The van der Waals surface area contributed by atoms with Gasteiger partial charge < -0.3 is 9.64 Å². The molecule has 6 rings (SSSR count). The van der Waals surface area contributed by atoms with Crippen LogP contribution in [-0.2, 0) is 9.53 Å². The molecule has 6 aliphatic rings. The van der Waals surface area contributed by atoms with Gasteiger partial charge in [0.25, 0.3) is 0 Å². The van der Waals surface area contributed by atoms with Crippen LogP contribution in [0, 0.1) is 23.2 Å². The fraction of sp³-hybridized carbons (Fsp3) is 0.957. The van der Waals surface area contributed by atoms with Gasteiger partial charge in [-0.1, -0.05) is 15.9 Å². The minimum Gasteiger partial charge on any atom is -0.373 e. The highest BCUT2D eigenvalue weighted by Crippen LogP contribution is 2.64. The van der Waals surface area contributed by atoms with E-state index in [1.165, 1.54) is 51.5 Å². The zero-order valence-electron chi connectivity index (χ0n) is 17.7. The van der Waals surface area contributed by atoms with Crippen molar-refractivity contribution in [2.24, 2.45) is 23.2 Å². The highest BCUT2D eigenvalue weighted by molar-refractivity contribution is 9.10. The number of rotatable bonds is 3. The minimum atomic E-state index is -0.0322. The number of hydrogen-bond acceptors (Lipinski definition) is 3. The molecule has 4 unspecified atom stereocenters. The summed E-state index contributed by atoms with van der Waals surface area (Å²) in [6.07, 6.45) is 10.4. The van der Waals surface area contributed by atoms with Gasteiger partial charge >= 0.3 is 0 Å². The van der Waals surface area contributed by atoms with Gasteiger partial charge in [0, 0.05) is 37.0 Å². The first-order valence-corrected chi connectivity index (χ1v) is 12.5. The van der Waals surface area contributed by atoms with Gasteiger partial charge in [0.05, 0.1) is 17.6 Å². The van der Waals surface area contributed by atoms with Crippen molar-refractivity contribution in [3.8, 4) is 0 Å². The van der Waals surface area contributed by atoms with E-state index in [1.807, 2.05) is 0 Å². The summed E-state index contributed by atoms with van der Waals surface area (Å²) < 4.78 is 6.15. The molecule has 0 aromatic carbocycles. The van der Waals surface area contributed by atoms with Crippen molar-refractivity contribution < 1.29 is 9.53 Å². The summed E-state index contributed by atoms with van der Waals surface area (Å²) in [5.41, 5.74) is -0.0322. The molecular weight excluding hydrogens is 416 g/mol. The van der Waals surface area contributed by atoms with Crippen LogP contribution in [0.25, 0.3) is 0 Å². The molecule has 4 atom stereocenters. The molecule has 4 nitrogen and oxygen atoms in total. The average Bonchev–Trinajstić information content (AvgIpc) is 2.59. The van der Waals surface area contributed by atoms with Gasteiger partial charge in [-0.3, -0.25) is 9.69 Å². The normalized spacial score (nSPS) is 46.9. The van der Waals surface area contributed by atoms with Crippen LogP contribution in [0.2, 0.25) is 0 Å². The van der Waals surface area contributed by atoms with Crippen molar-refractivity contribution in [3.63, 3.8) is 0 Å². The Kier molecular flexibility index (Phi) is 5.12. The standard InChI is InChI=1S/C23H37BrN2O2/c1-16-12-25(13-17(2)28-16)14-18-3-5-26(6-4-18)21(27)22-8-19-7-20(9-22)11-23(24,10-19)15-22/h16-20H,3-15H2,1-2H3. The first-order chi connectivity index (χ1) is 13.3. The highest BCUT2D eigenvalue weighted by atomic mass is 79.9. The van der Waals surface area contributed by atoms with Crippen LogP contribution < -0.4 is 0 Å². The van der Waals surface area contributed by atoms with Crippen LogP contribution in [0.15, 0.2) is 0 Å². The highest BCUT2D eigenvalue weighted by Gasteiger charge is 2.60. The van der Waals surface area contributed by atoms with E-state index in [4.69, 9.17) is 4.74 Å². The second-order valence-electron chi connectivity index (χ2n) is 11.1. The Morgan fingerprint density at radius 1 is 1.04 bits per heavy atom. The summed E-state index contributed by atoms with van der Waals surface area (Å²) in [4.78, 5) is 18.5. The molecule has 4 saturated carbocycles. The van der Waals surface area contributed by atoms with Crippen molar-refractivity contribution in [1.29, 1.82) is 0 Å². The van der Waals surface area contributed by atoms with Crippen molar-refractivity contribution in [1.82, 2.24) is 9.80 Å². The molecule has 1 amide bonds. The van der Waals surface area contributed by atoms with Gasteiger partial charge in [-0.15, -0.1) is 0 Å². The van der Waals surface area contributed by atoms with Gasteiger partial charge in [0.1, 0.15) is 0 Å². The molecule has 5 heteroatoms. The molecule has 0 aromatic rings. The third-order valence-corrected chi connectivity index (χ3v) is 9.28. The Balaban J connectivity index is 1.18. The Morgan fingerprint density at radius 2 is 1.64 bits per heavy atom. The molecule has 4 aliphatic carbocycles. The van der Waals surface area contributed by atoms with Crippen molar-refractivity contribution >= 4 is 21.8 Å².